The largest absolute Gasteiger partial charge is 0.330 e. The Balaban J connectivity index is 2.62. The number of nitrogens with zero attached hydrogens (tertiary/aromatic N) is 1. The number of para-hydroxylation sites is 1. The van der Waals surface area contributed by atoms with E-state index in [0.717, 1.165) is 11.3 Å². The molecule has 0 saturated carbocycles. The zero-order valence-electron chi connectivity index (χ0n) is 7.60. The lowest BCUT2D eigenvalue weighted by atomic mass is 10.2. The summed E-state index contributed by atoms with van der Waals surface area (Å²) in [5, 5.41) is 0. The minimum Gasteiger partial charge on any atom is -0.326 e. The summed E-state index contributed by atoms with van der Waals surface area (Å²) in [5.74, 6) is 0. The Morgan fingerprint density at radius 2 is 2.14 bits per heavy atom. The van der Waals surface area contributed by atoms with Crippen LogP contribution < -0.4 is 11.4 Å². The number of aromatic nitrogens is 2. The van der Waals surface area contributed by atoms with Crippen LogP contribution in [0.3, 0.4) is 0 Å². The Bertz CT molecular complexity index is 484. The molecule has 0 radical (unpaired) electrons. The Morgan fingerprint density at radius 1 is 1.36 bits per heavy atom. The molecule has 0 aliphatic rings. The van der Waals surface area contributed by atoms with Gasteiger partial charge in [-0.3, -0.25) is 4.57 Å². The van der Waals surface area contributed by atoms with Crippen LogP contribution in [0.1, 0.15) is 5.56 Å². The van der Waals surface area contributed by atoms with Gasteiger partial charge in [0.05, 0.1) is 5.69 Å². The summed E-state index contributed by atoms with van der Waals surface area (Å²) in [6, 6.07) is 7.57. The minimum atomic E-state index is -0.147. The molecule has 72 valence electrons. The van der Waals surface area contributed by atoms with Crippen LogP contribution in [0.25, 0.3) is 5.69 Å². The van der Waals surface area contributed by atoms with E-state index in [2.05, 4.69) is 4.98 Å². The van der Waals surface area contributed by atoms with Gasteiger partial charge in [0, 0.05) is 18.9 Å². The maximum atomic E-state index is 11.4. The number of nitrogens with one attached hydrogen (secondary N) is 1. The van der Waals surface area contributed by atoms with Gasteiger partial charge in [-0.1, -0.05) is 18.2 Å². The van der Waals surface area contributed by atoms with Gasteiger partial charge < -0.3 is 10.7 Å². The molecule has 2 rings (SSSR count). The van der Waals surface area contributed by atoms with Crippen molar-refractivity contribution < 1.29 is 0 Å². The third kappa shape index (κ3) is 1.36. The molecule has 1 aromatic carbocycles. The highest BCUT2D eigenvalue weighted by molar-refractivity contribution is 5.40. The number of benzene rings is 1. The molecule has 4 heteroatoms. The highest BCUT2D eigenvalue weighted by Crippen LogP contribution is 2.10. The first-order valence-electron chi connectivity index (χ1n) is 4.37. The molecule has 1 aromatic heterocycles. The van der Waals surface area contributed by atoms with Crippen molar-refractivity contribution in [3.05, 3.63) is 52.7 Å². The number of hydrogen-bond acceptors (Lipinski definition) is 2. The third-order valence-electron chi connectivity index (χ3n) is 2.12. The van der Waals surface area contributed by atoms with E-state index in [-0.39, 0.29) is 5.69 Å². The Hall–Kier alpha value is -1.81. The monoisotopic (exact) mass is 189 g/mol. The quantitative estimate of drug-likeness (QED) is 0.727. The highest BCUT2D eigenvalue weighted by atomic mass is 16.1. The van der Waals surface area contributed by atoms with Crippen molar-refractivity contribution in [2.45, 2.75) is 6.54 Å². The standard InChI is InChI=1S/C10H11N3O/c11-7-8-3-1-2-4-9(8)13-6-5-12-10(13)14/h1-6H,7,11H2,(H,12,14). The number of imidazole rings is 1. The number of nitrogens with two attached hydrogens (primary N) is 1. The van der Waals surface area contributed by atoms with Crippen molar-refractivity contribution in [1.29, 1.82) is 0 Å². The van der Waals surface area contributed by atoms with Gasteiger partial charge in [0.1, 0.15) is 0 Å². The summed E-state index contributed by atoms with van der Waals surface area (Å²) < 4.78 is 1.54. The zero-order valence-corrected chi connectivity index (χ0v) is 7.60. The molecular formula is C10H11N3O. The van der Waals surface area contributed by atoms with Crippen LogP contribution in [0.15, 0.2) is 41.5 Å². The van der Waals surface area contributed by atoms with Gasteiger partial charge in [0.15, 0.2) is 0 Å². The molecule has 0 bridgehead atoms. The summed E-state index contributed by atoms with van der Waals surface area (Å²) in [4.78, 5) is 13.9. The minimum absolute atomic E-state index is 0.147. The van der Waals surface area contributed by atoms with E-state index in [9.17, 15) is 4.79 Å². The lowest BCUT2D eigenvalue weighted by molar-refractivity contribution is 0.944. The fraction of sp³-hybridized carbons (Fsp3) is 0.100. The first-order valence-corrected chi connectivity index (χ1v) is 4.37. The fourth-order valence-electron chi connectivity index (χ4n) is 1.43. The van der Waals surface area contributed by atoms with Crippen molar-refractivity contribution in [1.82, 2.24) is 9.55 Å². The number of H-pyrrole nitrogens is 1. The molecule has 0 fully saturated rings. The van der Waals surface area contributed by atoms with Crippen molar-refractivity contribution in [3.8, 4) is 5.69 Å². The molecule has 14 heavy (non-hydrogen) atoms. The SMILES string of the molecule is NCc1ccccc1-n1cc[nH]c1=O. The number of rotatable bonds is 2. The first kappa shape index (κ1) is 8.77. The molecule has 0 saturated heterocycles. The topological polar surface area (TPSA) is 63.8 Å². The maximum Gasteiger partial charge on any atom is 0.330 e. The van der Waals surface area contributed by atoms with Crippen LogP contribution in [-0.4, -0.2) is 9.55 Å². The molecule has 0 amide bonds. The predicted octanol–water partition coefficient (Wildman–Crippen LogP) is 0.624. The normalized spacial score (nSPS) is 10.4. The van der Waals surface area contributed by atoms with Crippen LogP contribution in [0.5, 0.6) is 0 Å². The van der Waals surface area contributed by atoms with Crippen LogP contribution in [0, 0.1) is 0 Å². The lowest BCUT2D eigenvalue weighted by Crippen LogP contribution is -2.16. The van der Waals surface area contributed by atoms with Gasteiger partial charge in [-0.25, -0.2) is 4.79 Å². The second-order valence-electron chi connectivity index (χ2n) is 2.97. The van der Waals surface area contributed by atoms with E-state index in [0.29, 0.717) is 6.54 Å². The molecule has 0 unspecified atom stereocenters. The van der Waals surface area contributed by atoms with E-state index < -0.39 is 0 Å². The average molecular weight is 189 g/mol. The smallest absolute Gasteiger partial charge is 0.326 e. The maximum absolute atomic E-state index is 11.4. The van der Waals surface area contributed by atoms with Crippen LogP contribution in [-0.2, 0) is 6.54 Å². The number of aromatic amines is 1. The van der Waals surface area contributed by atoms with Crippen molar-refractivity contribution in [3.63, 3.8) is 0 Å². The molecule has 0 aliphatic carbocycles. The molecular weight excluding hydrogens is 178 g/mol. The summed E-state index contributed by atoms with van der Waals surface area (Å²) in [6.45, 7) is 0.424. The van der Waals surface area contributed by atoms with Crippen LogP contribution in [0.4, 0.5) is 0 Å². The van der Waals surface area contributed by atoms with E-state index >= 15 is 0 Å². The first-order chi connectivity index (χ1) is 6.83. The molecule has 2 aromatic rings. The summed E-state index contributed by atoms with van der Waals surface area (Å²) in [5.41, 5.74) is 7.22. The second kappa shape index (κ2) is 3.51. The van der Waals surface area contributed by atoms with E-state index in [4.69, 9.17) is 5.73 Å². The van der Waals surface area contributed by atoms with Crippen molar-refractivity contribution in [2.75, 3.05) is 0 Å². The van der Waals surface area contributed by atoms with Crippen LogP contribution in [0.2, 0.25) is 0 Å². The van der Waals surface area contributed by atoms with E-state index in [1.807, 2.05) is 24.3 Å². The van der Waals surface area contributed by atoms with Gasteiger partial charge in [-0.15, -0.1) is 0 Å². The Kier molecular flexibility index (Phi) is 2.20. The summed E-state index contributed by atoms with van der Waals surface area (Å²) in [7, 11) is 0. The molecule has 0 atom stereocenters. The predicted molar refractivity (Wildman–Crippen MR) is 54.3 cm³/mol. The molecule has 4 nitrogen and oxygen atoms in total. The third-order valence-corrected chi connectivity index (χ3v) is 2.12. The Labute approximate surface area is 81.0 Å². The van der Waals surface area contributed by atoms with E-state index in [1.165, 1.54) is 0 Å². The van der Waals surface area contributed by atoms with Gasteiger partial charge >= 0.3 is 5.69 Å². The molecule has 0 spiro atoms. The van der Waals surface area contributed by atoms with Gasteiger partial charge in [0.2, 0.25) is 0 Å². The highest BCUT2D eigenvalue weighted by Gasteiger charge is 2.03. The lowest BCUT2D eigenvalue weighted by Gasteiger charge is -2.06. The van der Waals surface area contributed by atoms with Gasteiger partial charge in [-0.05, 0) is 11.6 Å². The second-order valence-corrected chi connectivity index (χ2v) is 2.97. The van der Waals surface area contributed by atoms with E-state index in [1.54, 1.807) is 17.0 Å². The molecule has 0 aliphatic heterocycles. The van der Waals surface area contributed by atoms with Crippen molar-refractivity contribution >= 4 is 0 Å². The molecule has 1 heterocycles. The average Bonchev–Trinajstić information content (AvgIpc) is 2.64. The van der Waals surface area contributed by atoms with Gasteiger partial charge in [0.25, 0.3) is 0 Å². The zero-order chi connectivity index (χ0) is 9.97. The Morgan fingerprint density at radius 3 is 2.79 bits per heavy atom. The van der Waals surface area contributed by atoms with Gasteiger partial charge in [-0.2, -0.15) is 0 Å². The molecule has 3 N–H and O–H groups in total. The summed E-state index contributed by atoms with van der Waals surface area (Å²) >= 11 is 0. The number of hydrogen-bond donors (Lipinski definition) is 2. The van der Waals surface area contributed by atoms with Crippen molar-refractivity contribution in [2.24, 2.45) is 5.73 Å². The van der Waals surface area contributed by atoms with Crippen LogP contribution >= 0.6 is 0 Å². The summed E-state index contributed by atoms with van der Waals surface area (Å²) in [6.07, 6.45) is 3.30. The fourth-order valence-corrected chi connectivity index (χ4v) is 1.43.